The lowest BCUT2D eigenvalue weighted by molar-refractivity contribution is -0.116. The van der Waals surface area contributed by atoms with Crippen molar-refractivity contribution in [3.05, 3.63) is 71.4 Å². The van der Waals surface area contributed by atoms with Crippen LogP contribution in [-0.2, 0) is 4.79 Å². The number of aryl methyl sites for hydroxylation is 1. The van der Waals surface area contributed by atoms with Crippen molar-refractivity contribution >= 4 is 11.7 Å². The maximum absolute atomic E-state index is 12.4. The lowest BCUT2D eigenvalue weighted by Crippen LogP contribution is -2.24. The van der Waals surface area contributed by atoms with E-state index in [9.17, 15) is 4.79 Å². The van der Waals surface area contributed by atoms with Gasteiger partial charge in [-0.3, -0.25) is 4.79 Å². The molecule has 0 bridgehead atoms. The first-order valence-corrected chi connectivity index (χ1v) is 8.25. The van der Waals surface area contributed by atoms with Crippen molar-refractivity contribution in [3.8, 4) is 11.4 Å². The Morgan fingerprint density at radius 3 is 2.64 bits per heavy atom. The Hall–Kier alpha value is -3.08. The van der Waals surface area contributed by atoms with E-state index < -0.39 is 0 Å². The van der Waals surface area contributed by atoms with Crippen LogP contribution in [0.2, 0.25) is 0 Å². The molecule has 2 aromatic carbocycles. The monoisotopic (exact) mass is 333 g/mol. The van der Waals surface area contributed by atoms with Gasteiger partial charge in [0, 0.05) is 23.5 Å². The number of nitrogens with one attached hydrogen (secondary N) is 1. The molecule has 1 aliphatic heterocycles. The van der Waals surface area contributed by atoms with Crippen LogP contribution >= 0.6 is 0 Å². The number of nitrogens with zero attached hydrogens (tertiary/aromatic N) is 2. The van der Waals surface area contributed by atoms with Crippen LogP contribution < -0.4 is 10.1 Å². The van der Waals surface area contributed by atoms with Gasteiger partial charge in [-0.25, -0.2) is 4.68 Å². The van der Waals surface area contributed by atoms with E-state index in [4.69, 9.17) is 4.74 Å². The molecule has 4 rings (SSSR count). The summed E-state index contributed by atoms with van der Waals surface area (Å²) in [7, 11) is 1.65. The first-order chi connectivity index (χ1) is 12.2. The van der Waals surface area contributed by atoms with E-state index in [-0.39, 0.29) is 11.8 Å². The van der Waals surface area contributed by atoms with Crippen molar-refractivity contribution in [1.29, 1.82) is 0 Å². The van der Waals surface area contributed by atoms with Gasteiger partial charge in [0.25, 0.3) is 0 Å². The Kier molecular flexibility index (Phi) is 3.76. The van der Waals surface area contributed by atoms with Crippen molar-refractivity contribution < 1.29 is 9.53 Å². The van der Waals surface area contributed by atoms with Crippen LogP contribution in [0, 0.1) is 6.92 Å². The van der Waals surface area contributed by atoms with E-state index in [0.717, 1.165) is 28.4 Å². The molecule has 0 unspecified atom stereocenters. The summed E-state index contributed by atoms with van der Waals surface area (Å²) in [5.41, 5.74) is 4.11. The summed E-state index contributed by atoms with van der Waals surface area (Å²) in [5.74, 6) is 1.43. The number of rotatable bonds is 3. The van der Waals surface area contributed by atoms with Gasteiger partial charge in [0.1, 0.15) is 11.6 Å². The van der Waals surface area contributed by atoms with E-state index >= 15 is 0 Å². The molecule has 0 aliphatic carbocycles. The van der Waals surface area contributed by atoms with Crippen molar-refractivity contribution in [2.24, 2.45) is 0 Å². The Labute approximate surface area is 146 Å². The number of carbonyl (C=O) groups excluding carboxylic acids is 1. The van der Waals surface area contributed by atoms with Crippen LogP contribution in [0.25, 0.3) is 5.69 Å². The fraction of sp³-hybridized carbons (Fsp3) is 0.200. The third-order valence-electron chi connectivity index (χ3n) is 4.61. The number of carbonyl (C=O) groups is 1. The first-order valence-electron chi connectivity index (χ1n) is 8.25. The average molecular weight is 333 g/mol. The largest absolute Gasteiger partial charge is 0.496 e. The number of amides is 1. The minimum absolute atomic E-state index is 0.0164. The molecule has 5 heteroatoms. The standard InChI is InChI=1S/C20H19N3O2/c1-13-7-9-14(10-8-13)23-20-17(12-21-23)16(11-19(24)22-20)15-5-3-4-6-18(15)25-2/h3-10,12,16H,11H2,1-2H3,(H,22,24)/t16-/m0/s1. The number of para-hydroxylation sites is 1. The molecule has 1 N–H and O–H groups in total. The zero-order valence-electron chi connectivity index (χ0n) is 14.2. The summed E-state index contributed by atoms with van der Waals surface area (Å²) in [6, 6.07) is 15.9. The maximum Gasteiger partial charge on any atom is 0.226 e. The third-order valence-corrected chi connectivity index (χ3v) is 4.61. The Morgan fingerprint density at radius 1 is 1.12 bits per heavy atom. The molecule has 126 valence electrons. The number of anilines is 1. The number of benzene rings is 2. The van der Waals surface area contributed by atoms with Gasteiger partial charge >= 0.3 is 0 Å². The Bertz CT molecular complexity index is 928. The second-order valence-corrected chi connectivity index (χ2v) is 6.24. The van der Waals surface area contributed by atoms with Crippen molar-refractivity contribution in [2.75, 3.05) is 12.4 Å². The lowest BCUT2D eigenvalue weighted by atomic mass is 9.87. The highest BCUT2D eigenvalue weighted by molar-refractivity contribution is 5.94. The van der Waals surface area contributed by atoms with Gasteiger partial charge < -0.3 is 10.1 Å². The summed E-state index contributed by atoms with van der Waals surface area (Å²) in [5, 5.41) is 7.50. The summed E-state index contributed by atoms with van der Waals surface area (Å²) in [4.78, 5) is 12.4. The summed E-state index contributed by atoms with van der Waals surface area (Å²) in [6.45, 7) is 2.04. The van der Waals surface area contributed by atoms with E-state index in [1.165, 1.54) is 5.56 Å². The van der Waals surface area contributed by atoms with Gasteiger partial charge in [-0.1, -0.05) is 35.9 Å². The normalized spacial score (nSPS) is 16.2. The van der Waals surface area contributed by atoms with Crippen LogP contribution in [0.5, 0.6) is 5.75 Å². The van der Waals surface area contributed by atoms with Gasteiger partial charge in [-0.15, -0.1) is 0 Å². The molecule has 1 amide bonds. The van der Waals surface area contributed by atoms with Gasteiger partial charge in [-0.2, -0.15) is 5.10 Å². The number of hydrogen-bond donors (Lipinski definition) is 1. The molecule has 0 radical (unpaired) electrons. The van der Waals surface area contributed by atoms with Gasteiger partial charge in [0.05, 0.1) is 19.0 Å². The topological polar surface area (TPSA) is 56.1 Å². The SMILES string of the molecule is COc1ccccc1[C@@H]1CC(=O)Nc2c1cnn2-c1ccc(C)cc1. The molecule has 3 aromatic rings. The Morgan fingerprint density at radius 2 is 1.88 bits per heavy atom. The second-order valence-electron chi connectivity index (χ2n) is 6.24. The molecule has 1 aromatic heterocycles. The van der Waals surface area contributed by atoms with E-state index in [1.807, 2.05) is 61.7 Å². The van der Waals surface area contributed by atoms with Crippen LogP contribution in [0.1, 0.15) is 29.0 Å². The minimum Gasteiger partial charge on any atom is -0.496 e. The predicted molar refractivity (Wildman–Crippen MR) is 96.4 cm³/mol. The van der Waals surface area contributed by atoms with Gasteiger partial charge in [-0.05, 0) is 25.1 Å². The number of hydrogen-bond acceptors (Lipinski definition) is 3. The van der Waals surface area contributed by atoms with Gasteiger partial charge in [0.2, 0.25) is 5.91 Å². The quantitative estimate of drug-likeness (QED) is 0.796. The third kappa shape index (κ3) is 2.67. The highest BCUT2D eigenvalue weighted by atomic mass is 16.5. The van der Waals surface area contributed by atoms with E-state index in [2.05, 4.69) is 10.4 Å². The highest BCUT2D eigenvalue weighted by Gasteiger charge is 2.31. The van der Waals surface area contributed by atoms with Crippen molar-refractivity contribution in [3.63, 3.8) is 0 Å². The first kappa shape index (κ1) is 15.4. The maximum atomic E-state index is 12.4. The molecule has 2 heterocycles. The zero-order chi connectivity index (χ0) is 17.4. The van der Waals surface area contributed by atoms with Crippen LogP contribution in [0.15, 0.2) is 54.7 Å². The molecular weight excluding hydrogens is 314 g/mol. The highest BCUT2D eigenvalue weighted by Crippen LogP contribution is 2.41. The number of ether oxygens (including phenoxy) is 1. The summed E-state index contributed by atoms with van der Waals surface area (Å²) >= 11 is 0. The summed E-state index contributed by atoms with van der Waals surface area (Å²) < 4.78 is 7.28. The van der Waals surface area contributed by atoms with E-state index in [1.54, 1.807) is 11.8 Å². The second kappa shape index (κ2) is 6.09. The van der Waals surface area contributed by atoms with Crippen LogP contribution in [0.3, 0.4) is 0 Å². The molecule has 1 atom stereocenters. The van der Waals surface area contributed by atoms with Crippen molar-refractivity contribution in [1.82, 2.24) is 9.78 Å². The average Bonchev–Trinajstić information content (AvgIpc) is 3.05. The number of aromatic nitrogens is 2. The van der Waals surface area contributed by atoms with Gasteiger partial charge in [0.15, 0.2) is 0 Å². The fourth-order valence-corrected chi connectivity index (χ4v) is 3.33. The molecular formula is C20H19N3O2. The zero-order valence-corrected chi connectivity index (χ0v) is 14.2. The summed E-state index contributed by atoms with van der Waals surface area (Å²) in [6.07, 6.45) is 2.22. The molecule has 0 saturated heterocycles. The molecule has 0 spiro atoms. The predicted octanol–water partition coefficient (Wildman–Crippen LogP) is 3.66. The smallest absolute Gasteiger partial charge is 0.226 e. The fourth-order valence-electron chi connectivity index (χ4n) is 3.33. The molecule has 25 heavy (non-hydrogen) atoms. The Balaban J connectivity index is 1.83. The minimum atomic E-state index is -0.0703. The lowest BCUT2D eigenvalue weighted by Gasteiger charge is -2.25. The molecule has 0 saturated carbocycles. The van der Waals surface area contributed by atoms with Crippen LogP contribution in [0.4, 0.5) is 5.82 Å². The van der Waals surface area contributed by atoms with E-state index in [0.29, 0.717) is 6.42 Å². The molecule has 1 aliphatic rings. The van der Waals surface area contributed by atoms with Crippen molar-refractivity contribution in [2.45, 2.75) is 19.3 Å². The number of methoxy groups -OCH3 is 1. The van der Waals surface area contributed by atoms with Crippen LogP contribution in [-0.4, -0.2) is 22.8 Å². The molecule has 5 nitrogen and oxygen atoms in total. The number of fused-ring (bicyclic) bond motifs is 1. The molecule has 0 fully saturated rings.